The van der Waals surface area contributed by atoms with Crippen molar-refractivity contribution in [2.75, 3.05) is 7.11 Å². The lowest BCUT2D eigenvalue weighted by molar-refractivity contribution is 0.415. The number of benzene rings is 1. The fourth-order valence-corrected chi connectivity index (χ4v) is 4.88. The van der Waals surface area contributed by atoms with Crippen molar-refractivity contribution in [3.8, 4) is 39.7 Å². The third-order valence-electron chi connectivity index (χ3n) is 6.30. The zero-order valence-corrected chi connectivity index (χ0v) is 16.9. The smallest absolute Gasteiger partial charge is 0.118 e. The molecule has 0 aliphatic heterocycles. The molecule has 0 fully saturated rings. The van der Waals surface area contributed by atoms with Gasteiger partial charge in [0.25, 0.3) is 0 Å². The van der Waals surface area contributed by atoms with Gasteiger partial charge in [0.15, 0.2) is 0 Å². The summed E-state index contributed by atoms with van der Waals surface area (Å²) in [5.74, 6) is 0.870. The van der Waals surface area contributed by atoms with Gasteiger partial charge in [-0.3, -0.25) is 9.97 Å². The minimum Gasteiger partial charge on any atom is -0.497 e. The highest BCUT2D eigenvalue weighted by molar-refractivity contribution is 5.86. The monoisotopic (exact) mass is 391 g/mol. The largest absolute Gasteiger partial charge is 0.497 e. The number of nitrogens with zero attached hydrogens (tertiary/aromatic N) is 3. The lowest BCUT2D eigenvalue weighted by atomic mass is 9.80. The summed E-state index contributed by atoms with van der Waals surface area (Å²) in [6, 6.07) is 16.8. The van der Waals surface area contributed by atoms with Crippen LogP contribution in [0.25, 0.3) is 33.9 Å². The van der Waals surface area contributed by atoms with Crippen molar-refractivity contribution in [3.63, 3.8) is 0 Å². The predicted octanol–water partition coefficient (Wildman–Crippen LogP) is 5.08. The number of fused-ring (bicyclic) bond motifs is 6. The Balaban J connectivity index is 1.68. The Hall–Kier alpha value is -3.53. The minimum absolute atomic E-state index is 0.870. The Morgan fingerprint density at radius 2 is 1.23 bits per heavy atom. The first kappa shape index (κ1) is 17.3. The first-order valence-electron chi connectivity index (χ1n) is 10.4. The number of methoxy groups -OCH3 is 1. The van der Waals surface area contributed by atoms with Gasteiger partial charge in [0.1, 0.15) is 5.75 Å². The van der Waals surface area contributed by atoms with Crippen LogP contribution in [0.5, 0.6) is 5.75 Å². The van der Waals surface area contributed by atoms with Gasteiger partial charge in [-0.05, 0) is 83.3 Å². The van der Waals surface area contributed by atoms with Crippen molar-refractivity contribution >= 4 is 0 Å². The van der Waals surface area contributed by atoms with E-state index in [1.165, 1.54) is 33.4 Å². The molecule has 3 aromatic heterocycles. The summed E-state index contributed by atoms with van der Waals surface area (Å²) in [5.41, 5.74) is 11.7. The second kappa shape index (κ2) is 6.77. The number of rotatable bonds is 2. The first-order chi connectivity index (χ1) is 14.8. The number of hydrogen-bond donors (Lipinski definition) is 0. The van der Waals surface area contributed by atoms with Gasteiger partial charge in [0, 0.05) is 12.4 Å². The molecule has 0 amide bonds. The fourth-order valence-electron chi connectivity index (χ4n) is 4.88. The van der Waals surface area contributed by atoms with Crippen molar-refractivity contribution in [3.05, 3.63) is 83.2 Å². The Morgan fingerprint density at radius 1 is 0.667 bits per heavy atom. The summed E-state index contributed by atoms with van der Waals surface area (Å²) >= 11 is 0. The molecule has 1 aromatic carbocycles. The maximum atomic E-state index is 5.39. The lowest BCUT2D eigenvalue weighted by Crippen LogP contribution is -2.16. The summed E-state index contributed by atoms with van der Waals surface area (Å²) in [7, 11) is 1.70. The molecule has 0 N–H and O–H groups in total. The van der Waals surface area contributed by atoms with Crippen molar-refractivity contribution < 1.29 is 4.74 Å². The molecular weight excluding hydrogens is 370 g/mol. The molecule has 0 bridgehead atoms. The summed E-state index contributed by atoms with van der Waals surface area (Å²) < 4.78 is 5.39. The van der Waals surface area contributed by atoms with Gasteiger partial charge in [-0.25, -0.2) is 4.98 Å². The zero-order chi connectivity index (χ0) is 20.1. The van der Waals surface area contributed by atoms with Gasteiger partial charge >= 0.3 is 0 Å². The second-order valence-electron chi connectivity index (χ2n) is 7.89. The fraction of sp³-hybridized carbons (Fsp3) is 0.192. The minimum atomic E-state index is 0.870. The number of pyridine rings is 3. The first-order valence-corrected chi connectivity index (χ1v) is 10.4. The van der Waals surface area contributed by atoms with E-state index in [-0.39, 0.29) is 0 Å². The maximum Gasteiger partial charge on any atom is 0.118 e. The molecule has 4 aromatic rings. The number of hydrogen-bond acceptors (Lipinski definition) is 4. The summed E-state index contributed by atoms with van der Waals surface area (Å²) in [6.45, 7) is 0. The SMILES string of the molecule is COc1ccc(-c2c3c(nc4c2CCc2cccnc2-4)-c2ncccc2CC3)cc1. The Kier molecular flexibility index (Phi) is 3.91. The van der Waals surface area contributed by atoms with E-state index in [0.717, 1.165) is 54.2 Å². The average molecular weight is 391 g/mol. The van der Waals surface area contributed by atoms with Crippen LogP contribution in [-0.4, -0.2) is 22.1 Å². The molecule has 3 heterocycles. The Bertz CT molecular complexity index is 1200. The molecule has 30 heavy (non-hydrogen) atoms. The van der Waals surface area contributed by atoms with Gasteiger partial charge < -0.3 is 4.74 Å². The van der Waals surface area contributed by atoms with Crippen LogP contribution < -0.4 is 4.74 Å². The highest BCUT2D eigenvalue weighted by Crippen LogP contribution is 2.44. The third kappa shape index (κ3) is 2.57. The van der Waals surface area contributed by atoms with Crippen LogP contribution in [0.15, 0.2) is 60.9 Å². The Morgan fingerprint density at radius 3 is 1.77 bits per heavy atom. The average Bonchev–Trinajstić information content (AvgIpc) is 2.82. The molecule has 6 rings (SSSR count). The molecule has 146 valence electrons. The van der Waals surface area contributed by atoms with Crippen LogP contribution in [0.4, 0.5) is 0 Å². The quantitative estimate of drug-likeness (QED) is 0.478. The molecule has 2 aliphatic carbocycles. The van der Waals surface area contributed by atoms with Crippen LogP contribution in [0.3, 0.4) is 0 Å². The van der Waals surface area contributed by atoms with E-state index >= 15 is 0 Å². The molecule has 4 nitrogen and oxygen atoms in total. The Labute approximate surface area is 175 Å². The highest BCUT2D eigenvalue weighted by Gasteiger charge is 2.29. The van der Waals surface area contributed by atoms with Crippen LogP contribution in [0.2, 0.25) is 0 Å². The number of aryl methyl sites for hydroxylation is 2. The molecule has 0 spiro atoms. The standard InChI is InChI=1S/C26H21N3O/c1-30-19-10-6-16(7-11-19)22-20-12-8-17-4-2-14-27-23(17)25(20)29-26-21(22)13-9-18-5-3-15-28-24(18)26/h2-7,10-11,14-15H,8-9,12-13H2,1H3. The zero-order valence-electron chi connectivity index (χ0n) is 16.9. The number of ether oxygens (including phenoxy) is 1. The van der Waals surface area contributed by atoms with Crippen molar-refractivity contribution in [1.29, 1.82) is 0 Å². The van der Waals surface area contributed by atoms with E-state index in [1.807, 2.05) is 36.7 Å². The van der Waals surface area contributed by atoms with Gasteiger partial charge in [0.2, 0.25) is 0 Å². The molecule has 0 unspecified atom stereocenters. The van der Waals surface area contributed by atoms with Gasteiger partial charge in [0.05, 0.1) is 29.9 Å². The molecule has 0 radical (unpaired) electrons. The molecule has 0 saturated carbocycles. The molecule has 0 atom stereocenters. The summed E-state index contributed by atoms with van der Waals surface area (Å²) in [4.78, 5) is 14.7. The number of aromatic nitrogens is 3. The van der Waals surface area contributed by atoms with E-state index in [0.29, 0.717) is 0 Å². The van der Waals surface area contributed by atoms with Crippen molar-refractivity contribution in [2.45, 2.75) is 25.7 Å². The summed E-state index contributed by atoms with van der Waals surface area (Å²) in [5, 5.41) is 0. The highest BCUT2D eigenvalue weighted by atomic mass is 16.5. The predicted molar refractivity (Wildman–Crippen MR) is 118 cm³/mol. The van der Waals surface area contributed by atoms with Gasteiger partial charge in [-0.1, -0.05) is 24.3 Å². The van der Waals surface area contributed by atoms with E-state index in [2.05, 4.69) is 24.3 Å². The van der Waals surface area contributed by atoms with Gasteiger partial charge in [-0.15, -0.1) is 0 Å². The van der Waals surface area contributed by atoms with Crippen LogP contribution in [0, 0.1) is 0 Å². The van der Waals surface area contributed by atoms with E-state index in [4.69, 9.17) is 19.7 Å². The maximum absolute atomic E-state index is 5.39. The van der Waals surface area contributed by atoms with Crippen LogP contribution in [0.1, 0.15) is 22.3 Å². The van der Waals surface area contributed by atoms with Gasteiger partial charge in [-0.2, -0.15) is 0 Å². The van der Waals surface area contributed by atoms with Crippen LogP contribution >= 0.6 is 0 Å². The summed E-state index contributed by atoms with van der Waals surface area (Å²) in [6.07, 6.45) is 7.68. The van der Waals surface area contributed by atoms with E-state index < -0.39 is 0 Å². The van der Waals surface area contributed by atoms with Crippen LogP contribution in [-0.2, 0) is 25.7 Å². The topological polar surface area (TPSA) is 47.9 Å². The normalized spacial score (nSPS) is 13.6. The molecular formula is C26H21N3O. The lowest BCUT2D eigenvalue weighted by Gasteiger charge is -2.28. The van der Waals surface area contributed by atoms with Crippen molar-refractivity contribution in [2.24, 2.45) is 0 Å². The molecule has 0 saturated heterocycles. The molecule has 2 aliphatic rings. The van der Waals surface area contributed by atoms with E-state index in [9.17, 15) is 0 Å². The van der Waals surface area contributed by atoms with Crippen molar-refractivity contribution in [1.82, 2.24) is 15.0 Å². The van der Waals surface area contributed by atoms with E-state index in [1.54, 1.807) is 7.11 Å². The third-order valence-corrected chi connectivity index (χ3v) is 6.30. The second-order valence-corrected chi connectivity index (χ2v) is 7.89. The molecule has 4 heteroatoms.